The van der Waals surface area contributed by atoms with Crippen molar-refractivity contribution in [2.75, 3.05) is 36.6 Å². The first-order valence-electron chi connectivity index (χ1n) is 10.8. The number of hydrogen-bond acceptors (Lipinski definition) is 5. The molecule has 4 rings (SSSR count). The van der Waals surface area contributed by atoms with E-state index in [9.17, 15) is 13.2 Å². The summed E-state index contributed by atoms with van der Waals surface area (Å²) in [6, 6.07) is 6.09. The molecule has 29 heavy (non-hydrogen) atoms. The molecule has 1 saturated carbocycles. The summed E-state index contributed by atoms with van der Waals surface area (Å²) in [6.07, 6.45) is 5.77. The second-order valence-electron chi connectivity index (χ2n) is 8.81. The van der Waals surface area contributed by atoms with Gasteiger partial charge in [-0.3, -0.25) is 4.79 Å². The van der Waals surface area contributed by atoms with E-state index in [4.69, 9.17) is 4.74 Å². The first kappa shape index (κ1) is 20.5. The quantitative estimate of drug-likeness (QED) is 0.733. The van der Waals surface area contributed by atoms with Crippen molar-refractivity contribution in [3.05, 3.63) is 23.8 Å². The molecule has 0 spiro atoms. The third kappa shape index (κ3) is 4.11. The minimum Gasteiger partial charge on any atom is -0.495 e. The van der Waals surface area contributed by atoms with Crippen LogP contribution in [-0.4, -0.2) is 63.0 Å². The molecule has 6 nitrogen and oxygen atoms in total. The van der Waals surface area contributed by atoms with Crippen molar-refractivity contribution in [2.45, 2.75) is 63.5 Å². The number of nitrogens with zero attached hydrogens (tertiary/aromatic N) is 2. The van der Waals surface area contributed by atoms with E-state index in [1.807, 2.05) is 17.0 Å². The van der Waals surface area contributed by atoms with E-state index in [-0.39, 0.29) is 36.0 Å². The fraction of sp³-hybridized carbons (Fsp3) is 0.682. The normalized spacial score (nSPS) is 26.3. The molecular formula is C22H32N2O4S. The van der Waals surface area contributed by atoms with Crippen LogP contribution in [0.2, 0.25) is 0 Å². The predicted octanol–water partition coefficient (Wildman–Crippen LogP) is 2.97. The molecule has 3 aliphatic rings. The van der Waals surface area contributed by atoms with Crippen LogP contribution in [0.25, 0.3) is 0 Å². The van der Waals surface area contributed by atoms with Crippen LogP contribution < -0.4 is 9.64 Å². The van der Waals surface area contributed by atoms with Crippen molar-refractivity contribution in [3.8, 4) is 5.75 Å². The van der Waals surface area contributed by atoms with E-state index in [1.54, 1.807) is 7.11 Å². The number of carbonyl (C=O) groups excluding carboxylic acids is 1. The average molecular weight is 421 g/mol. The van der Waals surface area contributed by atoms with Crippen molar-refractivity contribution < 1.29 is 17.9 Å². The van der Waals surface area contributed by atoms with Gasteiger partial charge in [-0.1, -0.05) is 31.9 Å². The molecular weight excluding hydrogens is 388 g/mol. The van der Waals surface area contributed by atoms with Gasteiger partial charge in [-0.2, -0.15) is 0 Å². The van der Waals surface area contributed by atoms with Crippen LogP contribution in [0, 0.1) is 0 Å². The van der Waals surface area contributed by atoms with Gasteiger partial charge in [0.2, 0.25) is 5.91 Å². The van der Waals surface area contributed by atoms with E-state index < -0.39 is 9.84 Å². The Morgan fingerprint density at radius 3 is 2.59 bits per heavy atom. The van der Waals surface area contributed by atoms with Gasteiger partial charge in [0.05, 0.1) is 30.8 Å². The fourth-order valence-corrected chi connectivity index (χ4v) is 7.05. The predicted molar refractivity (Wildman–Crippen MR) is 114 cm³/mol. The number of sulfone groups is 1. The molecule has 2 fully saturated rings. The van der Waals surface area contributed by atoms with Crippen molar-refractivity contribution in [1.82, 2.24) is 4.90 Å². The van der Waals surface area contributed by atoms with Crippen molar-refractivity contribution >= 4 is 21.4 Å². The zero-order valence-corrected chi connectivity index (χ0v) is 18.3. The number of rotatable bonds is 5. The number of benzene rings is 1. The molecule has 1 amide bonds. The number of methoxy groups -OCH3 is 1. The largest absolute Gasteiger partial charge is 0.495 e. The van der Waals surface area contributed by atoms with Gasteiger partial charge >= 0.3 is 0 Å². The summed E-state index contributed by atoms with van der Waals surface area (Å²) in [5.41, 5.74) is 2.24. The van der Waals surface area contributed by atoms with Crippen molar-refractivity contribution in [3.63, 3.8) is 0 Å². The maximum atomic E-state index is 13.5. The summed E-state index contributed by atoms with van der Waals surface area (Å²) in [7, 11) is -1.36. The first-order valence-corrected chi connectivity index (χ1v) is 12.6. The summed E-state index contributed by atoms with van der Waals surface area (Å²) in [5.74, 6) is 1.61. The Kier molecular flexibility index (Phi) is 5.78. The monoisotopic (exact) mass is 420 g/mol. The summed E-state index contributed by atoms with van der Waals surface area (Å²) in [5, 5.41) is 0. The zero-order valence-electron chi connectivity index (χ0n) is 17.5. The Hall–Kier alpha value is -1.76. The van der Waals surface area contributed by atoms with Gasteiger partial charge in [-0.05, 0) is 43.2 Å². The van der Waals surface area contributed by atoms with Gasteiger partial charge in [0.25, 0.3) is 0 Å². The minimum atomic E-state index is -3.03. The molecule has 1 aromatic carbocycles. The highest BCUT2D eigenvalue weighted by Gasteiger charge is 2.40. The number of anilines is 1. The second-order valence-corrected chi connectivity index (χ2v) is 11.0. The molecule has 0 unspecified atom stereocenters. The SMILES string of the molecule is COc1cccc2c1N(CC(=O)N(C1CCCC1)[C@@H]1CCS(=O)(=O)C1)CC[C@@H]2C. The van der Waals surface area contributed by atoms with E-state index in [1.165, 1.54) is 5.56 Å². The summed E-state index contributed by atoms with van der Waals surface area (Å²) in [4.78, 5) is 17.6. The van der Waals surface area contributed by atoms with Gasteiger partial charge < -0.3 is 14.5 Å². The molecule has 1 saturated heterocycles. The summed E-state index contributed by atoms with van der Waals surface area (Å²) < 4.78 is 29.8. The zero-order chi connectivity index (χ0) is 20.6. The Balaban J connectivity index is 1.59. The van der Waals surface area contributed by atoms with E-state index in [0.29, 0.717) is 12.3 Å². The van der Waals surface area contributed by atoms with Crippen molar-refractivity contribution in [1.29, 1.82) is 0 Å². The lowest BCUT2D eigenvalue weighted by Crippen LogP contribution is -2.51. The molecule has 2 atom stereocenters. The van der Waals surface area contributed by atoms with E-state index in [0.717, 1.165) is 50.1 Å². The first-order chi connectivity index (χ1) is 13.9. The number of para-hydroxylation sites is 1. The molecule has 0 aromatic heterocycles. The number of amides is 1. The highest BCUT2D eigenvalue weighted by molar-refractivity contribution is 7.91. The Morgan fingerprint density at radius 2 is 1.93 bits per heavy atom. The van der Waals surface area contributed by atoms with Crippen LogP contribution in [0.1, 0.15) is 56.9 Å². The number of carbonyl (C=O) groups is 1. The van der Waals surface area contributed by atoms with Crippen LogP contribution in [0.5, 0.6) is 5.75 Å². The van der Waals surface area contributed by atoms with Crippen LogP contribution in [0.4, 0.5) is 5.69 Å². The third-order valence-corrected chi connectivity index (χ3v) is 8.61. The molecule has 2 heterocycles. The smallest absolute Gasteiger partial charge is 0.242 e. The van der Waals surface area contributed by atoms with Gasteiger partial charge in [0, 0.05) is 18.6 Å². The van der Waals surface area contributed by atoms with Gasteiger partial charge in [-0.25, -0.2) is 8.42 Å². The van der Waals surface area contributed by atoms with Crippen LogP contribution in [0.15, 0.2) is 18.2 Å². The summed E-state index contributed by atoms with van der Waals surface area (Å²) >= 11 is 0. The van der Waals surface area contributed by atoms with E-state index >= 15 is 0 Å². The maximum absolute atomic E-state index is 13.5. The minimum absolute atomic E-state index is 0.0606. The molecule has 7 heteroatoms. The van der Waals surface area contributed by atoms with Crippen LogP contribution in [0.3, 0.4) is 0 Å². The lowest BCUT2D eigenvalue weighted by Gasteiger charge is -2.39. The van der Waals surface area contributed by atoms with Gasteiger partial charge in [0.15, 0.2) is 9.84 Å². The molecule has 2 aliphatic heterocycles. The van der Waals surface area contributed by atoms with Crippen LogP contribution in [-0.2, 0) is 14.6 Å². The van der Waals surface area contributed by atoms with Gasteiger partial charge in [0.1, 0.15) is 5.75 Å². The third-order valence-electron chi connectivity index (χ3n) is 6.86. The lowest BCUT2D eigenvalue weighted by molar-refractivity contribution is -0.134. The fourth-order valence-electron chi connectivity index (χ4n) is 5.34. The average Bonchev–Trinajstić information content (AvgIpc) is 3.34. The van der Waals surface area contributed by atoms with E-state index in [2.05, 4.69) is 17.9 Å². The highest BCUT2D eigenvalue weighted by Crippen LogP contribution is 2.41. The molecule has 0 N–H and O–H groups in total. The van der Waals surface area contributed by atoms with Crippen molar-refractivity contribution in [2.24, 2.45) is 0 Å². The standard InChI is InChI=1S/C22H32N2O4S/c1-16-10-12-23(22-19(16)8-5-9-20(22)28-2)14-21(25)24(17-6-3-4-7-17)18-11-13-29(26,27)15-18/h5,8-9,16-18H,3-4,6-7,10-15H2,1-2H3/t16-,18+/m0/s1. The molecule has 0 radical (unpaired) electrons. The Morgan fingerprint density at radius 1 is 1.17 bits per heavy atom. The topological polar surface area (TPSA) is 66.9 Å². The lowest BCUT2D eigenvalue weighted by atomic mass is 9.91. The molecule has 0 bridgehead atoms. The Bertz CT molecular complexity index is 864. The molecule has 1 aliphatic carbocycles. The molecule has 160 valence electrons. The number of fused-ring (bicyclic) bond motifs is 1. The number of hydrogen-bond donors (Lipinski definition) is 0. The second kappa shape index (κ2) is 8.17. The molecule has 1 aromatic rings. The number of ether oxygens (including phenoxy) is 1. The van der Waals surface area contributed by atoms with Gasteiger partial charge in [-0.15, -0.1) is 0 Å². The van der Waals surface area contributed by atoms with Crippen LogP contribution >= 0.6 is 0 Å². The summed E-state index contributed by atoms with van der Waals surface area (Å²) in [6.45, 7) is 3.31. The highest BCUT2D eigenvalue weighted by atomic mass is 32.2. The maximum Gasteiger partial charge on any atom is 0.242 e. The Labute approximate surface area is 174 Å².